The Kier molecular flexibility index (Phi) is 4.08. The standard InChI is InChI=1S/C18H31N3/c1-19-8-10-21(11-9-19)18-4-6-20(7-5-18)14-17-13-15-2-3-16(17)12-15/h2-3,15-18H,4-14H2,1H3/t15-,16+,17+/m0/s1. The second-order valence-corrected chi connectivity index (χ2v) is 7.91. The van der Waals surface area contributed by atoms with Gasteiger partial charge < -0.3 is 9.80 Å². The lowest BCUT2D eigenvalue weighted by atomic mass is 9.92. The molecule has 2 aliphatic heterocycles. The Balaban J connectivity index is 1.23. The van der Waals surface area contributed by atoms with E-state index >= 15 is 0 Å². The largest absolute Gasteiger partial charge is 0.304 e. The van der Waals surface area contributed by atoms with Crippen LogP contribution in [-0.2, 0) is 0 Å². The molecule has 3 fully saturated rings. The predicted octanol–water partition coefficient (Wildman–Crippen LogP) is 1.91. The van der Waals surface area contributed by atoms with Gasteiger partial charge >= 0.3 is 0 Å². The van der Waals surface area contributed by atoms with E-state index in [1.807, 2.05) is 0 Å². The maximum Gasteiger partial charge on any atom is 0.0121 e. The smallest absolute Gasteiger partial charge is 0.0121 e. The Labute approximate surface area is 130 Å². The van der Waals surface area contributed by atoms with E-state index in [4.69, 9.17) is 0 Å². The number of hydrogen-bond donors (Lipinski definition) is 0. The van der Waals surface area contributed by atoms with E-state index in [9.17, 15) is 0 Å². The molecular formula is C18H31N3. The molecule has 2 saturated heterocycles. The number of likely N-dealkylation sites (N-methyl/N-ethyl adjacent to an activating group) is 1. The minimum Gasteiger partial charge on any atom is -0.304 e. The molecule has 0 aromatic rings. The van der Waals surface area contributed by atoms with Gasteiger partial charge in [0.1, 0.15) is 0 Å². The van der Waals surface area contributed by atoms with Gasteiger partial charge in [-0.15, -0.1) is 0 Å². The van der Waals surface area contributed by atoms with Crippen molar-refractivity contribution in [3.63, 3.8) is 0 Å². The van der Waals surface area contributed by atoms with Crippen molar-refractivity contribution in [2.75, 3.05) is 52.9 Å². The summed E-state index contributed by atoms with van der Waals surface area (Å²) in [5.41, 5.74) is 0. The molecule has 4 aliphatic rings. The van der Waals surface area contributed by atoms with Crippen molar-refractivity contribution in [3.05, 3.63) is 12.2 Å². The molecular weight excluding hydrogens is 258 g/mol. The van der Waals surface area contributed by atoms with Gasteiger partial charge in [0.25, 0.3) is 0 Å². The number of nitrogens with zero attached hydrogens (tertiary/aromatic N) is 3. The molecule has 2 heterocycles. The highest BCUT2D eigenvalue weighted by atomic mass is 15.3. The summed E-state index contributed by atoms with van der Waals surface area (Å²) < 4.78 is 0. The molecule has 0 aromatic heterocycles. The summed E-state index contributed by atoms with van der Waals surface area (Å²) in [5, 5.41) is 0. The molecule has 0 spiro atoms. The number of fused-ring (bicyclic) bond motifs is 2. The summed E-state index contributed by atoms with van der Waals surface area (Å²) in [6.07, 6.45) is 10.7. The topological polar surface area (TPSA) is 9.72 Å². The summed E-state index contributed by atoms with van der Waals surface area (Å²) in [4.78, 5) is 8.00. The van der Waals surface area contributed by atoms with Crippen LogP contribution in [0.15, 0.2) is 12.2 Å². The third-order valence-electron chi connectivity index (χ3n) is 6.52. The lowest BCUT2D eigenvalue weighted by Gasteiger charge is -2.42. The van der Waals surface area contributed by atoms with Gasteiger partial charge in [0.2, 0.25) is 0 Å². The zero-order chi connectivity index (χ0) is 14.2. The highest BCUT2D eigenvalue weighted by Crippen LogP contribution is 2.43. The van der Waals surface area contributed by atoms with Gasteiger partial charge in [0, 0.05) is 38.8 Å². The maximum absolute atomic E-state index is 2.77. The Hall–Kier alpha value is -0.380. The third kappa shape index (κ3) is 3.06. The lowest BCUT2D eigenvalue weighted by molar-refractivity contribution is 0.0619. The Morgan fingerprint density at radius 1 is 0.905 bits per heavy atom. The van der Waals surface area contributed by atoms with Gasteiger partial charge in [0.05, 0.1) is 0 Å². The van der Waals surface area contributed by atoms with Crippen LogP contribution < -0.4 is 0 Å². The molecule has 2 aliphatic carbocycles. The lowest BCUT2D eigenvalue weighted by Crippen LogP contribution is -2.52. The van der Waals surface area contributed by atoms with E-state index in [1.165, 1.54) is 71.5 Å². The number of piperidine rings is 1. The van der Waals surface area contributed by atoms with E-state index in [0.29, 0.717) is 0 Å². The fourth-order valence-corrected chi connectivity index (χ4v) is 5.09. The van der Waals surface area contributed by atoms with Crippen LogP contribution >= 0.6 is 0 Å². The first kappa shape index (κ1) is 14.2. The Morgan fingerprint density at radius 3 is 2.29 bits per heavy atom. The van der Waals surface area contributed by atoms with Crippen molar-refractivity contribution in [1.29, 1.82) is 0 Å². The van der Waals surface area contributed by atoms with Gasteiger partial charge in [-0.2, -0.15) is 0 Å². The number of rotatable bonds is 3. The van der Waals surface area contributed by atoms with E-state index in [2.05, 4.69) is 33.9 Å². The molecule has 0 N–H and O–H groups in total. The highest BCUT2D eigenvalue weighted by molar-refractivity contribution is 5.10. The van der Waals surface area contributed by atoms with Crippen LogP contribution in [0.3, 0.4) is 0 Å². The molecule has 3 atom stereocenters. The van der Waals surface area contributed by atoms with Gasteiger partial charge in [-0.1, -0.05) is 12.2 Å². The number of likely N-dealkylation sites (tertiary alicyclic amines) is 1. The van der Waals surface area contributed by atoms with Crippen LogP contribution in [0.5, 0.6) is 0 Å². The van der Waals surface area contributed by atoms with Crippen LogP contribution in [0.1, 0.15) is 25.7 Å². The van der Waals surface area contributed by atoms with Gasteiger partial charge in [-0.05, 0) is 63.6 Å². The molecule has 0 radical (unpaired) electrons. The van der Waals surface area contributed by atoms with E-state index in [1.54, 1.807) is 0 Å². The van der Waals surface area contributed by atoms with Crippen molar-refractivity contribution >= 4 is 0 Å². The third-order valence-corrected chi connectivity index (χ3v) is 6.52. The zero-order valence-corrected chi connectivity index (χ0v) is 13.6. The average molecular weight is 289 g/mol. The molecule has 118 valence electrons. The van der Waals surface area contributed by atoms with Crippen molar-refractivity contribution in [3.8, 4) is 0 Å². The summed E-state index contributed by atoms with van der Waals surface area (Å²) in [5.74, 6) is 2.83. The Bertz CT molecular complexity index is 378. The van der Waals surface area contributed by atoms with Crippen LogP contribution in [0.4, 0.5) is 0 Å². The molecule has 0 aromatic carbocycles. The summed E-state index contributed by atoms with van der Waals surface area (Å²) in [7, 11) is 2.25. The van der Waals surface area contributed by atoms with Crippen LogP contribution in [0.2, 0.25) is 0 Å². The molecule has 0 unspecified atom stereocenters. The van der Waals surface area contributed by atoms with Crippen LogP contribution in [-0.4, -0.2) is 73.6 Å². The molecule has 0 amide bonds. The zero-order valence-electron chi connectivity index (χ0n) is 13.6. The summed E-state index contributed by atoms with van der Waals surface area (Å²) >= 11 is 0. The quantitative estimate of drug-likeness (QED) is 0.735. The van der Waals surface area contributed by atoms with E-state index < -0.39 is 0 Å². The van der Waals surface area contributed by atoms with Crippen LogP contribution in [0, 0.1) is 17.8 Å². The molecule has 2 bridgehead atoms. The molecule has 21 heavy (non-hydrogen) atoms. The average Bonchev–Trinajstić information content (AvgIpc) is 3.12. The van der Waals surface area contributed by atoms with Crippen molar-refractivity contribution in [2.45, 2.75) is 31.7 Å². The van der Waals surface area contributed by atoms with Gasteiger partial charge in [-0.3, -0.25) is 4.90 Å². The van der Waals surface area contributed by atoms with Gasteiger partial charge in [-0.25, -0.2) is 0 Å². The monoisotopic (exact) mass is 289 g/mol. The summed E-state index contributed by atoms with van der Waals surface area (Å²) in [6, 6.07) is 0.870. The van der Waals surface area contributed by atoms with Crippen LogP contribution in [0.25, 0.3) is 0 Å². The number of hydrogen-bond acceptors (Lipinski definition) is 3. The molecule has 3 nitrogen and oxygen atoms in total. The second-order valence-electron chi connectivity index (χ2n) is 7.91. The fourth-order valence-electron chi connectivity index (χ4n) is 5.09. The van der Waals surface area contributed by atoms with Crippen molar-refractivity contribution < 1.29 is 0 Å². The molecule has 1 saturated carbocycles. The second kappa shape index (κ2) is 6.02. The minimum atomic E-state index is 0.870. The Morgan fingerprint density at radius 2 is 1.67 bits per heavy atom. The predicted molar refractivity (Wildman–Crippen MR) is 87.4 cm³/mol. The fraction of sp³-hybridized carbons (Fsp3) is 0.889. The highest BCUT2D eigenvalue weighted by Gasteiger charge is 2.37. The normalized spacial score (nSPS) is 39.4. The molecule has 3 heteroatoms. The first-order valence-electron chi connectivity index (χ1n) is 9.11. The SMILES string of the molecule is CN1CCN(C2CCN(C[C@H]3C[C@H]4C=C[C@@H]3C4)CC2)CC1. The van der Waals surface area contributed by atoms with E-state index in [-0.39, 0.29) is 0 Å². The first-order valence-corrected chi connectivity index (χ1v) is 9.11. The first-order chi connectivity index (χ1) is 10.3. The minimum absolute atomic E-state index is 0.870. The van der Waals surface area contributed by atoms with Crippen molar-refractivity contribution in [1.82, 2.24) is 14.7 Å². The number of piperazine rings is 1. The number of allylic oxidation sites excluding steroid dienone is 2. The van der Waals surface area contributed by atoms with Crippen molar-refractivity contribution in [2.24, 2.45) is 17.8 Å². The van der Waals surface area contributed by atoms with E-state index in [0.717, 1.165) is 23.8 Å². The molecule has 4 rings (SSSR count). The van der Waals surface area contributed by atoms with Gasteiger partial charge in [0.15, 0.2) is 0 Å². The summed E-state index contributed by atoms with van der Waals surface area (Å²) in [6.45, 7) is 9.16. The maximum atomic E-state index is 2.77.